The van der Waals surface area contributed by atoms with Crippen molar-refractivity contribution >= 4 is 33.3 Å². The van der Waals surface area contributed by atoms with Crippen LogP contribution in [-0.4, -0.2) is 27.3 Å². The lowest BCUT2D eigenvalue weighted by Gasteiger charge is -2.07. The minimum atomic E-state index is -0.204. The Bertz CT molecular complexity index is 1390. The van der Waals surface area contributed by atoms with E-state index in [1.54, 1.807) is 19.4 Å². The molecule has 0 amide bonds. The van der Waals surface area contributed by atoms with Crippen LogP contribution in [0.5, 0.6) is 5.75 Å². The summed E-state index contributed by atoms with van der Waals surface area (Å²) in [5, 5.41) is 10.8. The highest BCUT2D eigenvalue weighted by Crippen LogP contribution is 2.36. The predicted octanol–water partition coefficient (Wildman–Crippen LogP) is 5.16. The number of aromatic amines is 1. The second kappa shape index (κ2) is 8.05. The molecule has 0 spiro atoms. The van der Waals surface area contributed by atoms with Crippen LogP contribution in [-0.2, 0) is 0 Å². The van der Waals surface area contributed by atoms with Gasteiger partial charge < -0.3 is 18.6 Å². The van der Waals surface area contributed by atoms with Crippen LogP contribution in [0, 0.1) is 0 Å². The molecule has 1 N–H and O–H groups in total. The second-order valence-corrected chi connectivity index (χ2v) is 8.77. The highest BCUT2D eigenvalue weighted by molar-refractivity contribution is 7.99. The number of furan rings is 1. The highest BCUT2D eigenvalue weighted by atomic mass is 32.2. The number of nitrogens with zero attached hydrogens (tertiary/aromatic N) is 3. The average Bonchev–Trinajstić information content (AvgIpc) is 3.54. The molecule has 5 rings (SSSR count). The Kier molecular flexibility index (Phi) is 5.08. The number of H-pyrrole nitrogens is 1. The highest BCUT2D eigenvalue weighted by Gasteiger charge is 2.20. The molecule has 0 radical (unpaired) electrons. The predicted molar refractivity (Wildman–Crippen MR) is 119 cm³/mol. The zero-order chi connectivity index (χ0) is 21.4. The van der Waals surface area contributed by atoms with E-state index in [0.29, 0.717) is 32.9 Å². The van der Waals surface area contributed by atoms with Gasteiger partial charge in [0, 0.05) is 16.5 Å². The van der Waals surface area contributed by atoms with E-state index in [4.69, 9.17) is 13.6 Å². The standard InChI is InChI=1S/C21H16N4O4S2/c1-11(31-21-25-24-19(29-21)12-5-7-13(27-2)8-6-12)17-22-18(26)16-14(10-30-20(16)23-17)15-4-3-9-28-15/h3-11H,1-2H3,(H,22,23,26)/t11-/m1/s1. The van der Waals surface area contributed by atoms with E-state index >= 15 is 0 Å². The Morgan fingerprint density at radius 1 is 1.19 bits per heavy atom. The number of hydrogen-bond acceptors (Lipinski definition) is 9. The zero-order valence-corrected chi connectivity index (χ0v) is 18.1. The summed E-state index contributed by atoms with van der Waals surface area (Å²) < 4.78 is 16.4. The van der Waals surface area contributed by atoms with Crippen molar-refractivity contribution in [3.8, 4) is 28.5 Å². The number of nitrogens with one attached hydrogen (secondary N) is 1. The van der Waals surface area contributed by atoms with Crippen molar-refractivity contribution in [3.63, 3.8) is 0 Å². The minimum Gasteiger partial charge on any atom is -0.497 e. The topological polar surface area (TPSA) is 107 Å². The fraction of sp³-hybridized carbons (Fsp3) is 0.143. The quantitative estimate of drug-likeness (QED) is 0.352. The SMILES string of the molecule is COc1ccc(-c2nnc(S[C@H](C)c3nc4scc(-c5ccco5)c4c(=O)[nH]3)o2)cc1. The van der Waals surface area contributed by atoms with Gasteiger partial charge in [-0.05, 0) is 43.3 Å². The van der Waals surface area contributed by atoms with Crippen LogP contribution in [0.25, 0.3) is 33.0 Å². The van der Waals surface area contributed by atoms with Crippen LogP contribution < -0.4 is 10.3 Å². The summed E-state index contributed by atoms with van der Waals surface area (Å²) in [5.74, 6) is 2.35. The number of thiophene rings is 1. The van der Waals surface area contributed by atoms with Crippen LogP contribution in [0.3, 0.4) is 0 Å². The Hall–Kier alpha value is -3.37. The number of aromatic nitrogens is 4. The van der Waals surface area contributed by atoms with Crippen molar-refractivity contribution in [2.75, 3.05) is 7.11 Å². The summed E-state index contributed by atoms with van der Waals surface area (Å²) in [6, 6.07) is 11.0. The molecule has 0 fully saturated rings. The van der Waals surface area contributed by atoms with Crippen molar-refractivity contribution in [2.24, 2.45) is 0 Å². The maximum atomic E-state index is 12.8. The van der Waals surface area contributed by atoms with E-state index in [1.165, 1.54) is 23.1 Å². The summed E-state index contributed by atoms with van der Waals surface area (Å²) in [4.78, 5) is 21.0. The number of hydrogen-bond donors (Lipinski definition) is 1. The van der Waals surface area contributed by atoms with E-state index in [1.807, 2.05) is 42.6 Å². The van der Waals surface area contributed by atoms with Gasteiger partial charge in [-0.25, -0.2) is 4.98 Å². The number of thioether (sulfide) groups is 1. The van der Waals surface area contributed by atoms with Crippen LogP contribution in [0.4, 0.5) is 0 Å². The molecule has 10 heteroatoms. The van der Waals surface area contributed by atoms with Gasteiger partial charge >= 0.3 is 0 Å². The first-order valence-electron chi connectivity index (χ1n) is 9.32. The van der Waals surface area contributed by atoms with Gasteiger partial charge in [-0.2, -0.15) is 0 Å². The molecule has 0 saturated heterocycles. The summed E-state index contributed by atoms with van der Waals surface area (Å²) >= 11 is 2.74. The molecule has 156 valence electrons. The molecular weight excluding hydrogens is 436 g/mol. The van der Waals surface area contributed by atoms with Crippen molar-refractivity contribution in [3.05, 3.63) is 64.2 Å². The molecule has 0 bridgehead atoms. The van der Waals surface area contributed by atoms with E-state index in [2.05, 4.69) is 20.2 Å². The fourth-order valence-electron chi connectivity index (χ4n) is 3.09. The third-order valence-electron chi connectivity index (χ3n) is 4.65. The van der Waals surface area contributed by atoms with Gasteiger partial charge in [0.2, 0.25) is 5.89 Å². The van der Waals surface area contributed by atoms with Crippen LogP contribution >= 0.6 is 23.1 Å². The smallest absolute Gasteiger partial charge is 0.277 e. The van der Waals surface area contributed by atoms with Gasteiger partial charge in [0.15, 0.2) is 0 Å². The van der Waals surface area contributed by atoms with Crippen molar-refractivity contribution < 1.29 is 13.6 Å². The molecule has 4 aromatic heterocycles. The van der Waals surface area contributed by atoms with E-state index in [-0.39, 0.29) is 10.8 Å². The number of benzene rings is 1. The molecule has 1 aromatic carbocycles. The third-order valence-corrected chi connectivity index (χ3v) is 6.47. The lowest BCUT2D eigenvalue weighted by atomic mass is 10.2. The molecule has 1 atom stereocenters. The Morgan fingerprint density at radius 2 is 2.03 bits per heavy atom. The molecule has 8 nitrogen and oxygen atoms in total. The van der Waals surface area contributed by atoms with Gasteiger partial charge in [-0.15, -0.1) is 21.5 Å². The second-order valence-electron chi connectivity index (χ2n) is 6.62. The van der Waals surface area contributed by atoms with Crippen molar-refractivity contribution in [1.29, 1.82) is 0 Å². The van der Waals surface area contributed by atoms with Crippen LogP contribution in [0.15, 0.2) is 66.9 Å². The van der Waals surface area contributed by atoms with Gasteiger partial charge in [0.05, 0.1) is 24.0 Å². The lowest BCUT2D eigenvalue weighted by Crippen LogP contribution is -2.12. The normalized spacial score (nSPS) is 12.3. The van der Waals surface area contributed by atoms with E-state index in [9.17, 15) is 4.79 Å². The Labute approximate surface area is 184 Å². The number of rotatable bonds is 6. The molecule has 0 aliphatic rings. The first-order valence-corrected chi connectivity index (χ1v) is 11.1. The fourth-order valence-corrected chi connectivity index (χ4v) is 4.76. The average molecular weight is 453 g/mol. The van der Waals surface area contributed by atoms with Gasteiger partial charge in [0.25, 0.3) is 10.8 Å². The summed E-state index contributed by atoms with van der Waals surface area (Å²) in [6.07, 6.45) is 1.58. The number of ether oxygens (including phenoxy) is 1. The van der Waals surface area contributed by atoms with E-state index in [0.717, 1.165) is 16.9 Å². The summed E-state index contributed by atoms with van der Waals surface area (Å²) in [6.45, 7) is 1.92. The molecule has 4 heterocycles. The molecule has 31 heavy (non-hydrogen) atoms. The molecule has 0 aliphatic heterocycles. The zero-order valence-electron chi connectivity index (χ0n) is 16.5. The van der Waals surface area contributed by atoms with Crippen LogP contribution in [0.1, 0.15) is 18.0 Å². The Morgan fingerprint density at radius 3 is 2.77 bits per heavy atom. The molecule has 0 saturated carbocycles. The lowest BCUT2D eigenvalue weighted by molar-refractivity contribution is 0.414. The Balaban J connectivity index is 1.39. The maximum Gasteiger partial charge on any atom is 0.277 e. The summed E-state index contributed by atoms with van der Waals surface area (Å²) in [5.41, 5.74) is 1.33. The molecular formula is C21H16N4O4S2. The van der Waals surface area contributed by atoms with Gasteiger partial charge in [-0.1, -0.05) is 11.8 Å². The maximum absolute atomic E-state index is 12.8. The third kappa shape index (κ3) is 3.75. The molecule has 0 aliphatic carbocycles. The number of fused-ring (bicyclic) bond motifs is 1. The summed E-state index contributed by atoms with van der Waals surface area (Å²) in [7, 11) is 1.61. The minimum absolute atomic E-state index is 0.199. The van der Waals surface area contributed by atoms with Crippen molar-refractivity contribution in [1.82, 2.24) is 20.2 Å². The molecule has 5 aromatic rings. The largest absolute Gasteiger partial charge is 0.497 e. The van der Waals surface area contributed by atoms with Crippen molar-refractivity contribution in [2.45, 2.75) is 17.4 Å². The van der Waals surface area contributed by atoms with Gasteiger partial charge in [-0.3, -0.25) is 4.79 Å². The van der Waals surface area contributed by atoms with E-state index < -0.39 is 0 Å². The monoisotopic (exact) mass is 452 g/mol. The first-order chi connectivity index (χ1) is 15.1. The van der Waals surface area contributed by atoms with Crippen LogP contribution in [0.2, 0.25) is 0 Å². The first kappa shape index (κ1) is 19.6. The molecule has 0 unspecified atom stereocenters. The van der Waals surface area contributed by atoms with Gasteiger partial charge in [0.1, 0.15) is 22.2 Å². The number of methoxy groups -OCH3 is 1.